The van der Waals surface area contributed by atoms with Crippen molar-refractivity contribution in [2.45, 2.75) is 14.7 Å². The van der Waals surface area contributed by atoms with Crippen LogP contribution in [0.4, 0.5) is 0 Å². The van der Waals surface area contributed by atoms with E-state index in [-0.39, 0.29) is 27.9 Å². The van der Waals surface area contributed by atoms with Gasteiger partial charge in [-0.1, -0.05) is 36.4 Å². The SMILES string of the molecule is Oc1ccc([S+](c2ccccc2)c2ccccc2)cc1.[Br-]. The van der Waals surface area contributed by atoms with Crippen LogP contribution in [0.5, 0.6) is 5.75 Å². The van der Waals surface area contributed by atoms with Crippen molar-refractivity contribution in [1.29, 1.82) is 0 Å². The monoisotopic (exact) mass is 358 g/mol. The number of phenols is 1. The maximum Gasteiger partial charge on any atom is 0.166 e. The Hall–Kier alpha value is -1.71. The number of hydrogen-bond acceptors (Lipinski definition) is 1. The van der Waals surface area contributed by atoms with Crippen LogP contribution in [-0.4, -0.2) is 5.11 Å². The van der Waals surface area contributed by atoms with Gasteiger partial charge in [-0.05, 0) is 48.5 Å². The highest BCUT2D eigenvalue weighted by Gasteiger charge is 2.27. The van der Waals surface area contributed by atoms with E-state index in [9.17, 15) is 5.11 Å². The maximum atomic E-state index is 9.48. The Kier molecular flexibility index (Phi) is 5.48. The second kappa shape index (κ2) is 7.34. The fourth-order valence-corrected chi connectivity index (χ4v) is 4.19. The third-order valence-electron chi connectivity index (χ3n) is 3.03. The van der Waals surface area contributed by atoms with E-state index in [2.05, 4.69) is 48.5 Å². The smallest absolute Gasteiger partial charge is 0.166 e. The van der Waals surface area contributed by atoms with Crippen LogP contribution in [0.1, 0.15) is 0 Å². The predicted molar refractivity (Wildman–Crippen MR) is 83.2 cm³/mol. The zero-order chi connectivity index (χ0) is 13.8. The average molecular weight is 359 g/mol. The molecule has 1 nitrogen and oxygen atoms in total. The normalized spacial score (nSPS) is 10.1. The van der Waals surface area contributed by atoms with Gasteiger partial charge in [-0.2, -0.15) is 0 Å². The molecule has 0 aliphatic rings. The molecule has 0 atom stereocenters. The molecular formula is C18H15BrOS. The lowest BCUT2D eigenvalue weighted by molar-refractivity contribution is -0.00000498. The van der Waals surface area contributed by atoms with Crippen LogP contribution >= 0.6 is 0 Å². The van der Waals surface area contributed by atoms with Gasteiger partial charge < -0.3 is 22.1 Å². The van der Waals surface area contributed by atoms with E-state index in [1.54, 1.807) is 12.1 Å². The van der Waals surface area contributed by atoms with Gasteiger partial charge in [0.2, 0.25) is 0 Å². The Balaban J connectivity index is 0.00000161. The summed E-state index contributed by atoms with van der Waals surface area (Å²) >= 11 is 0. The highest BCUT2D eigenvalue weighted by atomic mass is 79.9. The summed E-state index contributed by atoms with van der Waals surface area (Å²) in [4.78, 5) is 3.77. The molecule has 0 fully saturated rings. The fraction of sp³-hybridized carbons (Fsp3) is 0. The molecule has 0 radical (unpaired) electrons. The first-order valence-corrected chi connectivity index (χ1v) is 7.70. The van der Waals surface area contributed by atoms with Gasteiger partial charge >= 0.3 is 0 Å². The third kappa shape index (κ3) is 3.69. The van der Waals surface area contributed by atoms with E-state index in [1.165, 1.54) is 14.7 Å². The lowest BCUT2D eigenvalue weighted by atomic mass is 10.3. The van der Waals surface area contributed by atoms with E-state index in [1.807, 2.05) is 24.3 Å². The summed E-state index contributed by atoms with van der Waals surface area (Å²) in [5.74, 6) is 0.304. The second-order valence-corrected chi connectivity index (χ2v) is 6.45. The maximum absolute atomic E-state index is 9.48. The van der Waals surface area contributed by atoms with Gasteiger partial charge in [-0.3, -0.25) is 0 Å². The summed E-state index contributed by atoms with van der Waals surface area (Å²) in [7, 11) is -0.134. The van der Waals surface area contributed by atoms with Gasteiger partial charge in [0.05, 0.1) is 10.9 Å². The second-order valence-electron chi connectivity index (χ2n) is 4.43. The summed E-state index contributed by atoms with van der Waals surface area (Å²) in [6.45, 7) is 0. The van der Waals surface area contributed by atoms with Crippen LogP contribution in [0, 0.1) is 0 Å². The molecule has 0 heterocycles. The summed E-state index contributed by atoms with van der Waals surface area (Å²) in [6, 6.07) is 28.5. The molecule has 0 bridgehead atoms. The molecular weight excluding hydrogens is 344 g/mol. The molecule has 106 valence electrons. The Morgan fingerprint density at radius 2 is 0.905 bits per heavy atom. The number of phenolic OH excluding ortho intramolecular Hbond substituents is 1. The molecule has 0 aliphatic heterocycles. The Bertz CT molecular complexity index is 629. The van der Waals surface area contributed by atoms with Crippen LogP contribution in [0.25, 0.3) is 0 Å². The van der Waals surface area contributed by atoms with Crippen molar-refractivity contribution < 1.29 is 22.1 Å². The van der Waals surface area contributed by atoms with Crippen LogP contribution < -0.4 is 17.0 Å². The molecule has 1 N–H and O–H groups in total. The summed E-state index contributed by atoms with van der Waals surface area (Å²) in [5, 5.41) is 9.48. The molecule has 21 heavy (non-hydrogen) atoms. The van der Waals surface area contributed by atoms with E-state index in [4.69, 9.17) is 0 Å². The topological polar surface area (TPSA) is 20.2 Å². The highest BCUT2D eigenvalue weighted by Crippen LogP contribution is 2.31. The lowest BCUT2D eigenvalue weighted by Crippen LogP contribution is -3.00. The minimum absolute atomic E-state index is 0. The first kappa shape index (κ1) is 15.7. The number of hydrogen-bond donors (Lipinski definition) is 1. The van der Waals surface area contributed by atoms with Gasteiger partial charge in [-0.25, -0.2) is 0 Å². The van der Waals surface area contributed by atoms with Crippen LogP contribution in [-0.2, 0) is 10.9 Å². The van der Waals surface area contributed by atoms with Crippen LogP contribution in [0.2, 0.25) is 0 Å². The highest BCUT2D eigenvalue weighted by molar-refractivity contribution is 7.97. The van der Waals surface area contributed by atoms with Crippen molar-refractivity contribution in [2.24, 2.45) is 0 Å². The molecule has 3 heteroatoms. The summed E-state index contributed by atoms with van der Waals surface area (Å²) in [5.41, 5.74) is 0. The third-order valence-corrected chi connectivity index (χ3v) is 5.26. The molecule has 3 rings (SSSR count). The Labute approximate surface area is 138 Å². The minimum Gasteiger partial charge on any atom is -1.00 e. The number of aromatic hydroxyl groups is 1. The van der Waals surface area contributed by atoms with Crippen molar-refractivity contribution in [1.82, 2.24) is 0 Å². The van der Waals surface area contributed by atoms with Crippen molar-refractivity contribution in [3.8, 4) is 5.75 Å². The van der Waals surface area contributed by atoms with E-state index in [0.29, 0.717) is 5.75 Å². The molecule has 0 unspecified atom stereocenters. The largest absolute Gasteiger partial charge is 1.00 e. The lowest BCUT2D eigenvalue weighted by Gasteiger charge is -2.07. The molecule has 0 aromatic heterocycles. The zero-order valence-electron chi connectivity index (χ0n) is 11.3. The van der Waals surface area contributed by atoms with Gasteiger partial charge in [0.1, 0.15) is 5.75 Å². The van der Waals surface area contributed by atoms with Crippen molar-refractivity contribution in [3.63, 3.8) is 0 Å². The Morgan fingerprint density at radius 1 is 0.524 bits per heavy atom. The van der Waals surface area contributed by atoms with Crippen molar-refractivity contribution in [2.75, 3.05) is 0 Å². The van der Waals surface area contributed by atoms with E-state index < -0.39 is 0 Å². The fourth-order valence-electron chi connectivity index (χ4n) is 2.10. The number of benzene rings is 3. The average Bonchev–Trinajstić information content (AvgIpc) is 2.52. The van der Waals surface area contributed by atoms with Gasteiger partial charge in [0, 0.05) is 0 Å². The first-order valence-electron chi connectivity index (χ1n) is 6.48. The number of rotatable bonds is 3. The Morgan fingerprint density at radius 3 is 1.33 bits per heavy atom. The van der Waals surface area contributed by atoms with Crippen LogP contribution in [0.15, 0.2) is 99.6 Å². The van der Waals surface area contributed by atoms with Gasteiger partial charge in [0.25, 0.3) is 0 Å². The first-order chi connectivity index (χ1) is 9.84. The van der Waals surface area contributed by atoms with Gasteiger partial charge in [-0.15, -0.1) is 0 Å². The standard InChI is InChI=1S/C18H14OS.BrH/c19-15-11-13-18(14-12-15)20(16-7-3-1-4-8-16)17-9-5-2-6-10-17;/h1-14H;1H. The zero-order valence-corrected chi connectivity index (χ0v) is 13.7. The van der Waals surface area contributed by atoms with Gasteiger partial charge in [0.15, 0.2) is 14.7 Å². The number of halogens is 1. The molecule has 0 spiro atoms. The predicted octanol–water partition coefficient (Wildman–Crippen LogP) is 1.49. The molecule has 0 amide bonds. The van der Waals surface area contributed by atoms with Crippen LogP contribution in [0.3, 0.4) is 0 Å². The van der Waals surface area contributed by atoms with E-state index in [0.717, 1.165) is 0 Å². The quantitative estimate of drug-likeness (QED) is 0.703. The molecule has 0 aliphatic carbocycles. The molecule has 3 aromatic rings. The van der Waals surface area contributed by atoms with Crippen molar-refractivity contribution >= 4 is 10.9 Å². The molecule has 0 saturated heterocycles. The summed E-state index contributed by atoms with van der Waals surface area (Å²) < 4.78 is 0. The minimum atomic E-state index is -0.134. The van der Waals surface area contributed by atoms with E-state index >= 15 is 0 Å². The summed E-state index contributed by atoms with van der Waals surface area (Å²) in [6.07, 6.45) is 0. The molecule has 0 saturated carbocycles. The molecule has 3 aromatic carbocycles. The van der Waals surface area contributed by atoms with Crippen molar-refractivity contribution in [3.05, 3.63) is 84.9 Å².